The Balaban J connectivity index is 1.14. The second kappa shape index (κ2) is 11.5. The third kappa shape index (κ3) is 5.63. The van der Waals surface area contributed by atoms with Gasteiger partial charge in [-0.15, -0.1) is 0 Å². The minimum absolute atomic E-state index is 0.159. The fourth-order valence-electron chi connectivity index (χ4n) is 6.73. The van der Waals surface area contributed by atoms with E-state index in [0.29, 0.717) is 17.8 Å². The molecule has 38 heavy (non-hydrogen) atoms. The second-order valence-electron chi connectivity index (χ2n) is 11.3. The SMILES string of the molecule is O=C(c1cccc2ccccc12)N1C[C@@H](CN2CCOCC2)[C@H](CN2CCC(c3ccc(F)cc3)CC2)C1. The number of nitrogens with zero attached hydrogens (tertiary/aromatic N) is 3. The molecule has 6 heteroatoms. The molecule has 0 aromatic heterocycles. The zero-order chi connectivity index (χ0) is 25.9. The van der Waals surface area contributed by atoms with Gasteiger partial charge in [0.1, 0.15) is 5.82 Å². The van der Waals surface area contributed by atoms with Crippen LogP contribution in [0.1, 0.15) is 34.7 Å². The van der Waals surface area contributed by atoms with E-state index < -0.39 is 0 Å². The van der Waals surface area contributed by atoms with Gasteiger partial charge in [-0.05, 0) is 78.2 Å². The van der Waals surface area contributed by atoms with Crippen LogP contribution in [0.15, 0.2) is 66.7 Å². The minimum Gasteiger partial charge on any atom is -0.379 e. The van der Waals surface area contributed by atoms with Gasteiger partial charge in [0, 0.05) is 44.8 Å². The summed E-state index contributed by atoms with van der Waals surface area (Å²) in [4.78, 5) is 21.0. The molecule has 0 unspecified atom stereocenters. The van der Waals surface area contributed by atoms with Gasteiger partial charge in [0.15, 0.2) is 0 Å². The van der Waals surface area contributed by atoms with E-state index in [2.05, 4.69) is 32.9 Å². The van der Waals surface area contributed by atoms with Gasteiger partial charge in [-0.2, -0.15) is 0 Å². The van der Waals surface area contributed by atoms with Gasteiger partial charge in [0.2, 0.25) is 0 Å². The summed E-state index contributed by atoms with van der Waals surface area (Å²) >= 11 is 0. The molecule has 3 aliphatic heterocycles. The Morgan fingerprint density at radius 2 is 1.42 bits per heavy atom. The van der Waals surface area contributed by atoms with Crippen molar-refractivity contribution in [3.63, 3.8) is 0 Å². The van der Waals surface area contributed by atoms with Crippen LogP contribution in [-0.4, -0.2) is 86.2 Å². The molecule has 1 amide bonds. The summed E-state index contributed by atoms with van der Waals surface area (Å²) < 4.78 is 19.0. The van der Waals surface area contributed by atoms with E-state index in [1.54, 1.807) is 12.1 Å². The highest BCUT2D eigenvalue weighted by atomic mass is 19.1. The molecule has 3 aliphatic rings. The van der Waals surface area contributed by atoms with Crippen molar-refractivity contribution in [2.45, 2.75) is 18.8 Å². The summed E-state index contributed by atoms with van der Waals surface area (Å²) in [5, 5.41) is 2.15. The first kappa shape index (κ1) is 25.5. The lowest BCUT2D eigenvalue weighted by Crippen LogP contribution is -2.43. The molecule has 0 N–H and O–H groups in total. The Hall–Kier alpha value is -2.80. The van der Waals surface area contributed by atoms with Gasteiger partial charge in [-0.1, -0.05) is 48.5 Å². The number of ether oxygens (including phenoxy) is 1. The number of halogens is 1. The molecule has 0 aliphatic carbocycles. The van der Waals surface area contributed by atoms with Crippen molar-refractivity contribution in [3.8, 4) is 0 Å². The average molecular weight is 516 g/mol. The lowest BCUT2D eigenvalue weighted by molar-refractivity contribution is 0.0268. The summed E-state index contributed by atoms with van der Waals surface area (Å²) in [7, 11) is 0. The highest BCUT2D eigenvalue weighted by Gasteiger charge is 2.38. The first-order chi connectivity index (χ1) is 18.6. The maximum absolute atomic E-state index is 13.8. The lowest BCUT2D eigenvalue weighted by Gasteiger charge is -2.36. The number of amides is 1. The normalized spacial score (nSPS) is 23.8. The molecule has 3 aromatic rings. The summed E-state index contributed by atoms with van der Waals surface area (Å²) in [6.45, 7) is 9.35. The van der Waals surface area contributed by atoms with E-state index in [4.69, 9.17) is 4.74 Å². The Labute approximate surface area is 225 Å². The molecule has 200 valence electrons. The highest BCUT2D eigenvalue weighted by Crippen LogP contribution is 2.32. The van der Waals surface area contributed by atoms with Crippen molar-refractivity contribution < 1.29 is 13.9 Å². The summed E-state index contributed by atoms with van der Waals surface area (Å²) in [6.07, 6.45) is 2.20. The number of carbonyl (C=O) groups is 1. The third-order valence-corrected chi connectivity index (χ3v) is 8.90. The zero-order valence-corrected chi connectivity index (χ0v) is 22.1. The molecule has 0 saturated carbocycles. The first-order valence-electron chi connectivity index (χ1n) is 14.2. The number of carbonyl (C=O) groups excluding carboxylic acids is 1. The molecule has 0 bridgehead atoms. The molecule has 3 heterocycles. The van der Waals surface area contributed by atoms with Gasteiger partial charge in [0.05, 0.1) is 13.2 Å². The monoisotopic (exact) mass is 515 g/mol. The van der Waals surface area contributed by atoms with Gasteiger partial charge in [-0.25, -0.2) is 4.39 Å². The van der Waals surface area contributed by atoms with Crippen LogP contribution in [0.25, 0.3) is 10.8 Å². The Morgan fingerprint density at radius 3 is 2.13 bits per heavy atom. The predicted molar refractivity (Wildman–Crippen MR) is 149 cm³/mol. The molecule has 3 fully saturated rings. The number of rotatable bonds is 6. The van der Waals surface area contributed by atoms with Crippen molar-refractivity contribution in [2.75, 3.05) is 65.6 Å². The molecule has 3 aromatic carbocycles. The Bertz CT molecular complexity index is 1230. The predicted octanol–water partition coefficient (Wildman–Crippen LogP) is 4.88. The number of likely N-dealkylation sites (tertiary alicyclic amines) is 2. The summed E-state index contributed by atoms with van der Waals surface area (Å²) in [6, 6.07) is 21.3. The molecular formula is C32H38FN3O2. The van der Waals surface area contributed by atoms with E-state index in [0.717, 1.165) is 94.7 Å². The van der Waals surface area contributed by atoms with Gasteiger partial charge in [-0.3, -0.25) is 9.69 Å². The van der Waals surface area contributed by atoms with Crippen LogP contribution in [-0.2, 0) is 4.74 Å². The van der Waals surface area contributed by atoms with Gasteiger partial charge < -0.3 is 14.5 Å². The third-order valence-electron chi connectivity index (χ3n) is 8.90. The summed E-state index contributed by atoms with van der Waals surface area (Å²) in [5.41, 5.74) is 2.07. The molecule has 2 atom stereocenters. The van der Waals surface area contributed by atoms with E-state index in [1.165, 1.54) is 5.56 Å². The molecule has 5 nitrogen and oxygen atoms in total. The molecular weight excluding hydrogens is 477 g/mol. The van der Waals surface area contributed by atoms with Crippen LogP contribution < -0.4 is 0 Å². The van der Waals surface area contributed by atoms with Crippen LogP contribution in [0.2, 0.25) is 0 Å². The number of piperidine rings is 1. The van der Waals surface area contributed by atoms with Gasteiger partial charge >= 0.3 is 0 Å². The highest BCUT2D eigenvalue weighted by molar-refractivity contribution is 6.07. The van der Waals surface area contributed by atoms with Crippen LogP contribution in [0.3, 0.4) is 0 Å². The van der Waals surface area contributed by atoms with Crippen molar-refractivity contribution in [2.24, 2.45) is 11.8 Å². The van der Waals surface area contributed by atoms with Crippen molar-refractivity contribution in [1.29, 1.82) is 0 Å². The maximum Gasteiger partial charge on any atom is 0.254 e. The standard InChI is InChI=1S/C32H38FN3O2/c33-29-10-8-24(9-11-29)25-12-14-34(15-13-25)20-27-22-36(23-28(27)21-35-16-18-38-19-17-35)32(37)31-7-3-5-26-4-1-2-6-30(26)31/h1-11,25,27-28H,12-23H2/t27-,28-/m1/s1. The maximum atomic E-state index is 13.8. The number of hydrogen-bond acceptors (Lipinski definition) is 4. The Morgan fingerprint density at radius 1 is 0.789 bits per heavy atom. The van der Waals surface area contributed by atoms with Crippen molar-refractivity contribution in [3.05, 3.63) is 83.7 Å². The smallest absolute Gasteiger partial charge is 0.254 e. The number of benzene rings is 3. The number of fused-ring (bicyclic) bond motifs is 1. The zero-order valence-electron chi connectivity index (χ0n) is 22.1. The van der Waals surface area contributed by atoms with Crippen LogP contribution in [0.5, 0.6) is 0 Å². The molecule has 0 radical (unpaired) electrons. The summed E-state index contributed by atoms with van der Waals surface area (Å²) in [5.74, 6) is 1.41. The molecule has 6 rings (SSSR count). The van der Waals surface area contributed by atoms with Gasteiger partial charge in [0.25, 0.3) is 5.91 Å². The Kier molecular flexibility index (Phi) is 7.72. The largest absolute Gasteiger partial charge is 0.379 e. The van der Waals surface area contributed by atoms with Crippen LogP contribution >= 0.6 is 0 Å². The van der Waals surface area contributed by atoms with Crippen LogP contribution in [0, 0.1) is 17.7 Å². The quantitative estimate of drug-likeness (QED) is 0.469. The fourth-order valence-corrected chi connectivity index (χ4v) is 6.73. The number of hydrogen-bond donors (Lipinski definition) is 0. The fraction of sp³-hybridized carbons (Fsp3) is 0.469. The van der Waals surface area contributed by atoms with E-state index in [-0.39, 0.29) is 11.7 Å². The van der Waals surface area contributed by atoms with E-state index >= 15 is 0 Å². The van der Waals surface area contributed by atoms with Crippen LogP contribution in [0.4, 0.5) is 4.39 Å². The van der Waals surface area contributed by atoms with Crippen molar-refractivity contribution in [1.82, 2.24) is 14.7 Å². The molecule has 0 spiro atoms. The topological polar surface area (TPSA) is 36.0 Å². The lowest BCUT2D eigenvalue weighted by atomic mass is 9.88. The minimum atomic E-state index is -0.165. The second-order valence-corrected chi connectivity index (χ2v) is 11.3. The van der Waals surface area contributed by atoms with E-state index in [1.807, 2.05) is 36.4 Å². The first-order valence-corrected chi connectivity index (χ1v) is 14.2. The van der Waals surface area contributed by atoms with Crippen molar-refractivity contribution >= 4 is 16.7 Å². The van der Waals surface area contributed by atoms with E-state index in [9.17, 15) is 9.18 Å². The number of morpholine rings is 1. The molecule has 3 saturated heterocycles. The average Bonchev–Trinajstić information content (AvgIpc) is 3.35.